The molecule has 8 heteroatoms. The third-order valence-corrected chi connectivity index (χ3v) is 5.61. The van der Waals surface area contributed by atoms with E-state index in [1.807, 2.05) is 38.1 Å². The monoisotopic (exact) mass is 451 g/mol. The summed E-state index contributed by atoms with van der Waals surface area (Å²) in [6.07, 6.45) is 6.40. The van der Waals surface area contributed by atoms with Crippen LogP contribution in [0.25, 0.3) is 17.1 Å². The number of esters is 1. The van der Waals surface area contributed by atoms with Crippen molar-refractivity contribution in [3.8, 4) is 0 Å². The van der Waals surface area contributed by atoms with Crippen LogP contribution in [0.2, 0.25) is 0 Å². The average Bonchev–Trinajstić information content (AvgIpc) is 3.54. The highest BCUT2D eigenvalue weighted by Crippen LogP contribution is 2.35. The van der Waals surface area contributed by atoms with E-state index >= 15 is 0 Å². The molecule has 1 aliphatic rings. The van der Waals surface area contributed by atoms with Crippen molar-refractivity contribution in [1.82, 2.24) is 18.7 Å². The first-order chi connectivity index (χ1) is 16.0. The molecule has 8 nitrogen and oxygen atoms in total. The number of unbranched alkanes of at least 4 members (excludes halogenated alkanes) is 1. The Hall–Kier alpha value is -3.42. The second-order valence-electron chi connectivity index (χ2n) is 7.80. The van der Waals surface area contributed by atoms with Gasteiger partial charge in [-0.3, -0.25) is 13.9 Å². The van der Waals surface area contributed by atoms with Gasteiger partial charge in [-0.2, -0.15) is 0 Å². The molecule has 176 valence electrons. The molecule has 1 aromatic carbocycles. The van der Waals surface area contributed by atoms with Crippen LogP contribution in [0.15, 0.2) is 35.6 Å². The molecule has 0 unspecified atom stereocenters. The van der Waals surface area contributed by atoms with Crippen LogP contribution >= 0.6 is 0 Å². The number of carbonyl (C=O) groups is 1. The van der Waals surface area contributed by atoms with E-state index in [1.165, 1.54) is 13.1 Å². The maximum Gasteiger partial charge on any atom is 0.329 e. The van der Waals surface area contributed by atoms with E-state index in [9.17, 15) is 9.59 Å². The minimum Gasteiger partial charge on any atom is -0.466 e. The molecule has 2 aromatic heterocycles. The lowest BCUT2D eigenvalue weighted by atomic mass is 10.3. The molecule has 3 aromatic rings. The fraction of sp³-hybridized carbons (Fsp3) is 0.440. The number of hydrogen-bond acceptors (Lipinski definition) is 5. The number of aryl methyl sites for hydroxylation is 1. The molecule has 4 rings (SSSR count). The van der Waals surface area contributed by atoms with Gasteiger partial charge in [0.1, 0.15) is 5.82 Å². The third-order valence-electron chi connectivity index (χ3n) is 5.61. The zero-order valence-electron chi connectivity index (χ0n) is 19.7. The van der Waals surface area contributed by atoms with E-state index in [1.54, 1.807) is 15.2 Å². The van der Waals surface area contributed by atoms with Gasteiger partial charge in [-0.1, -0.05) is 32.6 Å². The normalized spacial score (nSPS) is 12.8. The number of nitrogens with zero attached hydrogens (tertiary/aromatic N) is 4. The van der Waals surface area contributed by atoms with E-state index in [4.69, 9.17) is 15.1 Å². The predicted octanol–water partition coefficient (Wildman–Crippen LogP) is 4.39. The van der Waals surface area contributed by atoms with Gasteiger partial charge in [0.15, 0.2) is 0 Å². The summed E-state index contributed by atoms with van der Waals surface area (Å²) in [6, 6.07) is 8.08. The number of aromatic nitrogens is 4. The lowest BCUT2D eigenvalue weighted by molar-refractivity contribution is -0.141. The first-order valence-corrected chi connectivity index (χ1v) is 11.6. The summed E-state index contributed by atoms with van der Waals surface area (Å²) in [5.74, 6) is 0.493. The zero-order valence-corrected chi connectivity index (χ0v) is 19.7. The molecular weight excluding hydrogens is 418 g/mol. The number of rotatable bonds is 10. The summed E-state index contributed by atoms with van der Waals surface area (Å²) in [4.78, 5) is 28.9. The highest BCUT2D eigenvalue weighted by molar-refractivity contribution is 5.80. The van der Waals surface area contributed by atoms with Crippen molar-refractivity contribution < 1.29 is 9.53 Å². The van der Waals surface area contributed by atoms with Gasteiger partial charge in [0.25, 0.3) is 0 Å². The van der Waals surface area contributed by atoms with Crippen LogP contribution in [0.4, 0.5) is 0 Å². The number of ether oxygens (including phenoxy) is 1. The van der Waals surface area contributed by atoms with Crippen LogP contribution in [0.3, 0.4) is 0 Å². The van der Waals surface area contributed by atoms with Gasteiger partial charge in [0.2, 0.25) is 0 Å². The van der Waals surface area contributed by atoms with Crippen LogP contribution in [-0.2, 0) is 22.6 Å². The molecule has 1 N–H and O–H groups in total. The number of imidazole rings is 2. The Balaban J connectivity index is 0.00000149. The molecule has 1 fully saturated rings. The summed E-state index contributed by atoms with van der Waals surface area (Å²) >= 11 is 0. The Bertz CT molecular complexity index is 1200. The third kappa shape index (κ3) is 5.16. The molecule has 0 radical (unpaired) electrons. The number of hydrogen-bond donors (Lipinski definition) is 1. The molecule has 0 amide bonds. The number of benzene rings is 1. The Morgan fingerprint density at radius 2 is 1.94 bits per heavy atom. The van der Waals surface area contributed by atoms with Crippen LogP contribution in [0.1, 0.15) is 69.7 Å². The molecule has 0 spiro atoms. The summed E-state index contributed by atoms with van der Waals surface area (Å²) in [5.41, 5.74) is 3.00. The number of fused-ring (bicyclic) bond motifs is 1. The largest absolute Gasteiger partial charge is 0.466 e. The van der Waals surface area contributed by atoms with Gasteiger partial charge < -0.3 is 14.7 Å². The summed E-state index contributed by atoms with van der Waals surface area (Å²) < 4.78 is 10.5. The zero-order chi connectivity index (χ0) is 24.0. The van der Waals surface area contributed by atoms with Crippen molar-refractivity contribution in [1.29, 1.82) is 5.41 Å². The van der Waals surface area contributed by atoms with E-state index in [0.29, 0.717) is 24.5 Å². The first-order valence-electron chi connectivity index (χ1n) is 11.6. The van der Waals surface area contributed by atoms with E-state index in [-0.39, 0.29) is 24.2 Å². The highest BCUT2D eigenvalue weighted by Gasteiger charge is 2.30. The Morgan fingerprint density at radius 1 is 1.21 bits per heavy atom. The maximum absolute atomic E-state index is 13.2. The summed E-state index contributed by atoms with van der Waals surface area (Å²) in [5, 5.41) is 7.90. The quantitative estimate of drug-likeness (QED) is 0.281. The van der Waals surface area contributed by atoms with Crippen molar-refractivity contribution in [2.75, 3.05) is 6.61 Å². The number of carbonyl (C=O) groups excluding carboxylic acids is 1. The van der Waals surface area contributed by atoms with Crippen molar-refractivity contribution in [2.45, 2.75) is 65.6 Å². The lowest BCUT2D eigenvalue weighted by Gasteiger charge is -2.10. The van der Waals surface area contributed by atoms with Crippen LogP contribution < -0.4 is 5.69 Å². The van der Waals surface area contributed by atoms with E-state index in [0.717, 1.165) is 42.5 Å². The van der Waals surface area contributed by atoms with Crippen LogP contribution in [-0.4, -0.2) is 37.5 Å². The smallest absolute Gasteiger partial charge is 0.329 e. The number of para-hydroxylation sites is 2. The lowest BCUT2D eigenvalue weighted by Crippen LogP contribution is -2.26. The number of nitrogens with one attached hydrogen (secondary N) is 1. The van der Waals surface area contributed by atoms with Gasteiger partial charge in [0, 0.05) is 25.7 Å². The van der Waals surface area contributed by atoms with Crippen molar-refractivity contribution >= 4 is 29.3 Å². The van der Waals surface area contributed by atoms with Gasteiger partial charge in [-0.05, 0) is 43.9 Å². The fourth-order valence-corrected chi connectivity index (χ4v) is 4.02. The molecule has 0 saturated heterocycles. The minimum atomic E-state index is -0.273. The first kappa shape index (κ1) is 24.2. The van der Waals surface area contributed by atoms with E-state index in [2.05, 4.69) is 11.1 Å². The molecule has 1 aliphatic carbocycles. The Morgan fingerprint density at radius 3 is 2.58 bits per heavy atom. The van der Waals surface area contributed by atoms with E-state index < -0.39 is 0 Å². The summed E-state index contributed by atoms with van der Waals surface area (Å²) in [7, 11) is 0. The SMILES string of the molecule is C=Cc1c(C=N)n(Cc2nc3ccccc3n2CCCCOC(C)=O)c(=O)n1C1CC1.CC. The van der Waals surface area contributed by atoms with Crippen molar-refractivity contribution in [3.05, 3.63) is 58.5 Å². The minimum absolute atomic E-state index is 0.121. The molecule has 2 heterocycles. The molecule has 1 saturated carbocycles. The molecule has 0 bridgehead atoms. The average molecular weight is 452 g/mol. The maximum atomic E-state index is 13.2. The van der Waals surface area contributed by atoms with Gasteiger partial charge >= 0.3 is 11.7 Å². The predicted molar refractivity (Wildman–Crippen MR) is 131 cm³/mol. The summed E-state index contributed by atoms with van der Waals surface area (Å²) in [6.45, 7) is 10.6. The van der Waals surface area contributed by atoms with Crippen molar-refractivity contribution in [2.24, 2.45) is 0 Å². The molecule has 33 heavy (non-hydrogen) atoms. The molecular formula is C25H33N5O3. The molecule has 0 aliphatic heterocycles. The van der Waals surface area contributed by atoms with Crippen LogP contribution in [0, 0.1) is 5.41 Å². The highest BCUT2D eigenvalue weighted by atomic mass is 16.5. The van der Waals surface area contributed by atoms with Gasteiger partial charge in [-0.15, -0.1) is 0 Å². The second kappa shape index (κ2) is 10.9. The van der Waals surface area contributed by atoms with Gasteiger partial charge in [0.05, 0.1) is 35.6 Å². The Labute approximate surface area is 194 Å². The molecule has 0 atom stereocenters. The standard InChI is InChI=1S/C23H27N5O3.C2H6/c1-3-19-21(14-24)27(23(30)28(19)17-10-11-17)15-22-25-18-8-4-5-9-20(18)26(22)12-6-7-13-31-16(2)29;1-2/h3-5,8-9,14,17,24H,1,6-7,10-13,15H2,2H3;1-2H3. The Kier molecular flexibility index (Phi) is 8.03. The topological polar surface area (TPSA) is 94.9 Å². The van der Waals surface area contributed by atoms with Crippen molar-refractivity contribution in [3.63, 3.8) is 0 Å². The fourth-order valence-electron chi connectivity index (χ4n) is 4.02. The second-order valence-corrected chi connectivity index (χ2v) is 7.80. The van der Waals surface area contributed by atoms with Gasteiger partial charge in [-0.25, -0.2) is 9.78 Å². The van der Waals surface area contributed by atoms with Crippen LogP contribution in [0.5, 0.6) is 0 Å².